The van der Waals surface area contributed by atoms with Gasteiger partial charge in [-0.25, -0.2) is 0 Å². The molecule has 0 aliphatic carbocycles. The Balaban J connectivity index is 2.49. The predicted octanol–water partition coefficient (Wildman–Crippen LogP) is 5.72. The van der Waals surface area contributed by atoms with Gasteiger partial charge in [-0.1, -0.05) is 56.8 Å². The first-order chi connectivity index (χ1) is 9.01. The monoisotopic (exact) mass is 377 g/mol. The van der Waals surface area contributed by atoms with Crippen molar-refractivity contribution in [2.75, 3.05) is 7.05 Å². The first-order valence-electron chi connectivity index (χ1n) is 5.59. The summed E-state index contributed by atoms with van der Waals surface area (Å²) in [6.45, 7) is 0. The average Bonchev–Trinajstić information content (AvgIpc) is 2.31. The molecule has 2 aromatic rings. The van der Waals surface area contributed by atoms with E-state index in [1.54, 1.807) is 6.07 Å². The van der Waals surface area contributed by atoms with E-state index in [1.165, 1.54) is 0 Å². The van der Waals surface area contributed by atoms with Crippen molar-refractivity contribution in [3.8, 4) is 0 Å². The quantitative estimate of drug-likeness (QED) is 0.719. The van der Waals surface area contributed by atoms with Crippen molar-refractivity contribution in [1.82, 2.24) is 5.32 Å². The van der Waals surface area contributed by atoms with Crippen LogP contribution in [0.3, 0.4) is 0 Å². The zero-order valence-electron chi connectivity index (χ0n) is 10.1. The highest BCUT2D eigenvalue weighted by molar-refractivity contribution is 9.10. The highest BCUT2D eigenvalue weighted by Crippen LogP contribution is 2.32. The number of rotatable bonds is 3. The second kappa shape index (κ2) is 6.47. The second-order valence-corrected chi connectivity index (χ2v) is 6.29. The molecular weight excluding hydrogens is 368 g/mol. The molecule has 0 fully saturated rings. The van der Waals surface area contributed by atoms with Crippen LogP contribution >= 0.6 is 50.7 Å². The van der Waals surface area contributed by atoms with Crippen molar-refractivity contribution in [2.45, 2.75) is 6.04 Å². The second-order valence-electron chi connectivity index (χ2n) is 4.09. The molecule has 2 rings (SSSR count). The standard InChI is InChI=1S/C14H11BrCl3N/c1-19-14(8-4-9(15)6-11(17)5-8)12-3-2-10(16)7-13(12)18/h2-7,14,19H,1H3. The molecule has 0 saturated heterocycles. The highest BCUT2D eigenvalue weighted by Gasteiger charge is 2.16. The Bertz CT molecular complexity index is 581. The van der Waals surface area contributed by atoms with E-state index in [9.17, 15) is 0 Å². The van der Waals surface area contributed by atoms with E-state index >= 15 is 0 Å². The van der Waals surface area contributed by atoms with Gasteiger partial charge in [-0.05, 0) is 48.5 Å². The van der Waals surface area contributed by atoms with Gasteiger partial charge in [0, 0.05) is 19.5 Å². The molecule has 0 bridgehead atoms. The van der Waals surface area contributed by atoms with Crippen LogP contribution in [0.4, 0.5) is 0 Å². The summed E-state index contributed by atoms with van der Waals surface area (Å²) >= 11 is 21.7. The van der Waals surface area contributed by atoms with Crippen LogP contribution in [0.1, 0.15) is 17.2 Å². The fourth-order valence-electron chi connectivity index (χ4n) is 1.98. The molecule has 0 radical (unpaired) electrons. The van der Waals surface area contributed by atoms with Gasteiger partial charge in [0.15, 0.2) is 0 Å². The molecule has 0 aliphatic heterocycles. The van der Waals surface area contributed by atoms with Gasteiger partial charge in [0.1, 0.15) is 0 Å². The molecule has 0 aliphatic rings. The van der Waals surface area contributed by atoms with Crippen molar-refractivity contribution in [3.05, 3.63) is 67.1 Å². The third-order valence-corrected chi connectivity index (χ3v) is 4.02. The zero-order chi connectivity index (χ0) is 14.0. The van der Waals surface area contributed by atoms with E-state index in [0.717, 1.165) is 15.6 Å². The molecule has 5 heteroatoms. The van der Waals surface area contributed by atoms with Crippen LogP contribution in [0, 0.1) is 0 Å². The van der Waals surface area contributed by atoms with Crippen LogP contribution in [0.2, 0.25) is 15.1 Å². The number of nitrogens with one attached hydrogen (secondary N) is 1. The smallest absolute Gasteiger partial charge is 0.0589 e. The molecule has 1 nitrogen and oxygen atoms in total. The molecule has 2 aromatic carbocycles. The van der Waals surface area contributed by atoms with Crippen LogP contribution in [-0.2, 0) is 0 Å². The Morgan fingerprint density at radius 3 is 2.32 bits per heavy atom. The molecule has 0 spiro atoms. The summed E-state index contributed by atoms with van der Waals surface area (Å²) in [6.07, 6.45) is 0. The topological polar surface area (TPSA) is 12.0 Å². The highest BCUT2D eigenvalue weighted by atomic mass is 79.9. The van der Waals surface area contributed by atoms with E-state index in [4.69, 9.17) is 34.8 Å². The van der Waals surface area contributed by atoms with Gasteiger partial charge in [-0.2, -0.15) is 0 Å². The van der Waals surface area contributed by atoms with Gasteiger partial charge in [0.25, 0.3) is 0 Å². The van der Waals surface area contributed by atoms with Crippen LogP contribution < -0.4 is 5.32 Å². The molecular formula is C14H11BrCl3N. The lowest BCUT2D eigenvalue weighted by Gasteiger charge is -2.19. The van der Waals surface area contributed by atoms with Crippen LogP contribution in [0.5, 0.6) is 0 Å². The van der Waals surface area contributed by atoms with E-state index < -0.39 is 0 Å². The molecule has 1 atom stereocenters. The molecule has 0 heterocycles. The molecule has 19 heavy (non-hydrogen) atoms. The minimum absolute atomic E-state index is 0.0419. The lowest BCUT2D eigenvalue weighted by atomic mass is 9.99. The lowest BCUT2D eigenvalue weighted by Crippen LogP contribution is -2.18. The van der Waals surface area contributed by atoms with E-state index in [-0.39, 0.29) is 6.04 Å². The maximum Gasteiger partial charge on any atom is 0.0589 e. The summed E-state index contributed by atoms with van der Waals surface area (Å²) in [6, 6.07) is 11.2. The summed E-state index contributed by atoms with van der Waals surface area (Å²) in [5.41, 5.74) is 1.99. The third kappa shape index (κ3) is 3.65. The zero-order valence-corrected chi connectivity index (χ0v) is 13.9. The maximum absolute atomic E-state index is 6.26. The van der Waals surface area contributed by atoms with Gasteiger partial charge in [0.2, 0.25) is 0 Å². The Hall–Kier alpha value is -0.250. The number of hydrogen-bond donors (Lipinski definition) is 1. The van der Waals surface area contributed by atoms with Crippen molar-refractivity contribution in [3.63, 3.8) is 0 Å². The SMILES string of the molecule is CNC(c1cc(Cl)cc(Br)c1)c1ccc(Cl)cc1Cl. The van der Waals surface area contributed by atoms with Crippen LogP contribution in [0.25, 0.3) is 0 Å². The molecule has 0 saturated carbocycles. The number of halogens is 4. The van der Waals surface area contributed by atoms with Gasteiger partial charge < -0.3 is 5.32 Å². The van der Waals surface area contributed by atoms with E-state index in [1.807, 2.05) is 37.4 Å². The predicted molar refractivity (Wildman–Crippen MR) is 86.5 cm³/mol. The summed E-state index contributed by atoms with van der Waals surface area (Å²) in [4.78, 5) is 0. The van der Waals surface area contributed by atoms with Crippen molar-refractivity contribution in [1.29, 1.82) is 0 Å². The maximum atomic E-state index is 6.26. The summed E-state index contributed by atoms with van der Waals surface area (Å²) in [5.74, 6) is 0. The molecule has 1 N–H and O–H groups in total. The molecule has 0 aromatic heterocycles. The summed E-state index contributed by atoms with van der Waals surface area (Å²) < 4.78 is 0.931. The van der Waals surface area contributed by atoms with E-state index in [2.05, 4.69) is 21.2 Å². The Morgan fingerprint density at radius 2 is 1.74 bits per heavy atom. The number of hydrogen-bond acceptors (Lipinski definition) is 1. The van der Waals surface area contributed by atoms with Crippen molar-refractivity contribution >= 4 is 50.7 Å². The summed E-state index contributed by atoms with van der Waals surface area (Å²) in [7, 11) is 1.88. The van der Waals surface area contributed by atoms with Crippen LogP contribution in [0.15, 0.2) is 40.9 Å². The largest absolute Gasteiger partial charge is 0.309 e. The van der Waals surface area contributed by atoms with Gasteiger partial charge in [-0.3, -0.25) is 0 Å². The number of benzene rings is 2. The minimum atomic E-state index is -0.0419. The van der Waals surface area contributed by atoms with Gasteiger partial charge in [0.05, 0.1) is 6.04 Å². The summed E-state index contributed by atoms with van der Waals surface area (Å²) in [5, 5.41) is 5.17. The first kappa shape index (κ1) is 15.1. The Kier molecular flexibility index (Phi) is 5.15. The fraction of sp³-hybridized carbons (Fsp3) is 0.143. The van der Waals surface area contributed by atoms with E-state index in [0.29, 0.717) is 15.1 Å². The average molecular weight is 380 g/mol. The lowest BCUT2D eigenvalue weighted by molar-refractivity contribution is 0.692. The Morgan fingerprint density at radius 1 is 1.00 bits per heavy atom. The van der Waals surface area contributed by atoms with Gasteiger partial charge in [-0.15, -0.1) is 0 Å². The van der Waals surface area contributed by atoms with Crippen molar-refractivity contribution < 1.29 is 0 Å². The normalized spacial score (nSPS) is 12.5. The molecule has 0 amide bonds. The Labute approximate surface area is 136 Å². The fourth-order valence-corrected chi connectivity index (χ4v) is 3.38. The molecule has 100 valence electrons. The third-order valence-electron chi connectivity index (χ3n) is 2.78. The van der Waals surface area contributed by atoms with Crippen LogP contribution in [-0.4, -0.2) is 7.05 Å². The van der Waals surface area contributed by atoms with Crippen molar-refractivity contribution in [2.24, 2.45) is 0 Å². The van der Waals surface area contributed by atoms with Gasteiger partial charge >= 0.3 is 0 Å². The minimum Gasteiger partial charge on any atom is -0.309 e. The first-order valence-corrected chi connectivity index (χ1v) is 7.52. The molecule has 1 unspecified atom stereocenters.